The Balaban J connectivity index is 2.09. The number of para-hydroxylation sites is 1. The highest BCUT2D eigenvalue weighted by Crippen LogP contribution is 2.21. The zero-order valence-electron chi connectivity index (χ0n) is 13.3. The smallest absolute Gasteiger partial charge is 0.297 e. The quantitative estimate of drug-likeness (QED) is 0.740. The van der Waals surface area contributed by atoms with Gasteiger partial charge in [0.2, 0.25) is 0 Å². The topological polar surface area (TPSA) is 59.5 Å². The summed E-state index contributed by atoms with van der Waals surface area (Å²) in [7, 11) is 1.81. The number of phenols is 1. The van der Waals surface area contributed by atoms with Crippen LogP contribution in [0, 0.1) is 6.92 Å². The van der Waals surface area contributed by atoms with Crippen molar-refractivity contribution in [3.8, 4) is 11.4 Å². The van der Waals surface area contributed by atoms with Crippen LogP contribution in [0.1, 0.15) is 11.3 Å². The second-order valence-electron chi connectivity index (χ2n) is 5.37. The van der Waals surface area contributed by atoms with E-state index < -0.39 is 0 Å². The molecule has 0 aliphatic heterocycles. The lowest BCUT2D eigenvalue weighted by Gasteiger charge is -2.07. The van der Waals surface area contributed by atoms with Crippen LogP contribution in [-0.2, 0) is 7.05 Å². The van der Waals surface area contributed by atoms with Crippen LogP contribution in [0.3, 0.4) is 0 Å². The minimum absolute atomic E-state index is 0.0557. The molecule has 0 spiro atoms. The molecule has 0 saturated heterocycles. The molecule has 0 amide bonds. The van der Waals surface area contributed by atoms with Gasteiger partial charge in [-0.25, -0.2) is 9.67 Å². The molecule has 5 nitrogen and oxygen atoms in total. The fourth-order valence-electron chi connectivity index (χ4n) is 2.47. The number of hydrogen-bond donors (Lipinski definition) is 1. The number of aromatic nitrogens is 2. The lowest BCUT2D eigenvalue weighted by molar-refractivity contribution is 0.474. The summed E-state index contributed by atoms with van der Waals surface area (Å²) in [6, 6.07) is 14.0. The fourth-order valence-corrected chi connectivity index (χ4v) is 2.65. The Morgan fingerprint density at radius 3 is 2.58 bits per heavy atom. The Kier molecular flexibility index (Phi) is 4.27. The largest absolute Gasteiger partial charge is 0.507 e. The van der Waals surface area contributed by atoms with E-state index in [0.29, 0.717) is 16.3 Å². The van der Waals surface area contributed by atoms with Crippen molar-refractivity contribution in [3.05, 3.63) is 75.2 Å². The van der Waals surface area contributed by atoms with Crippen molar-refractivity contribution in [1.82, 2.24) is 9.36 Å². The molecule has 2 aromatic carbocycles. The second-order valence-corrected chi connectivity index (χ2v) is 5.81. The van der Waals surface area contributed by atoms with Gasteiger partial charge in [0.1, 0.15) is 5.75 Å². The molecular formula is C18H16ClN3O2. The summed E-state index contributed by atoms with van der Waals surface area (Å²) in [6.45, 7) is 1.82. The second kappa shape index (κ2) is 6.37. The van der Waals surface area contributed by atoms with E-state index >= 15 is 0 Å². The number of halogens is 1. The number of aliphatic imine (C=N–C) groups is 1. The molecule has 1 heterocycles. The van der Waals surface area contributed by atoms with Gasteiger partial charge in [0.25, 0.3) is 5.56 Å². The van der Waals surface area contributed by atoms with Gasteiger partial charge in [-0.1, -0.05) is 29.8 Å². The van der Waals surface area contributed by atoms with Crippen LogP contribution in [0.4, 0.5) is 5.69 Å². The first-order chi connectivity index (χ1) is 11.5. The summed E-state index contributed by atoms with van der Waals surface area (Å²) in [5, 5.41) is 10.3. The first kappa shape index (κ1) is 16.1. The normalized spacial score (nSPS) is 11.3. The number of rotatable bonds is 3. The molecule has 6 heteroatoms. The predicted molar refractivity (Wildman–Crippen MR) is 96.1 cm³/mol. The van der Waals surface area contributed by atoms with Gasteiger partial charge in [-0.05, 0) is 37.3 Å². The van der Waals surface area contributed by atoms with Crippen molar-refractivity contribution in [1.29, 1.82) is 0 Å². The van der Waals surface area contributed by atoms with Crippen LogP contribution in [0.15, 0.2) is 58.3 Å². The number of nitrogens with zero attached hydrogens (tertiary/aromatic N) is 3. The fraction of sp³-hybridized carbons (Fsp3) is 0.111. The predicted octanol–water partition coefficient (Wildman–Crippen LogP) is 3.59. The Hall–Kier alpha value is -2.79. The molecule has 24 heavy (non-hydrogen) atoms. The molecule has 0 aliphatic carbocycles. The first-order valence-corrected chi connectivity index (χ1v) is 7.73. The molecule has 0 fully saturated rings. The highest BCUT2D eigenvalue weighted by Gasteiger charge is 2.15. The van der Waals surface area contributed by atoms with E-state index in [-0.39, 0.29) is 11.3 Å². The standard InChI is InChI=1S/C18H16ClN3O2/c1-12-17(20-11-13-10-14(19)8-9-16(13)23)18(24)22(21(12)2)15-6-4-3-5-7-15/h3-11,23H,1-2H3. The van der Waals surface area contributed by atoms with Crippen molar-refractivity contribution in [3.63, 3.8) is 0 Å². The summed E-state index contributed by atoms with van der Waals surface area (Å²) < 4.78 is 3.31. The third-order valence-electron chi connectivity index (χ3n) is 3.85. The van der Waals surface area contributed by atoms with Gasteiger partial charge >= 0.3 is 0 Å². The zero-order valence-corrected chi connectivity index (χ0v) is 14.0. The maximum atomic E-state index is 12.7. The average Bonchev–Trinajstić information content (AvgIpc) is 2.79. The number of phenolic OH excluding ortho intramolecular Hbond substituents is 1. The van der Waals surface area contributed by atoms with Gasteiger partial charge in [-0.15, -0.1) is 0 Å². The third kappa shape index (κ3) is 2.86. The van der Waals surface area contributed by atoms with Crippen LogP contribution in [0.25, 0.3) is 5.69 Å². The minimum atomic E-state index is -0.223. The zero-order chi connectivity index (χ0) is 17.3. The van der Waals surface area contributed by atoms with Crippen LogP contribution >= 0.6 is 11.6 Å². The van der Waals surface area contributed by atoms with E-state index in [1.807, 2.05) is 37.3 Å². The monoisotopic (exact) mass is 341 g/mol. The summed E-state index contributed by atoms with van der Waals surface area (Å²) in [5.41, 5.74) is 2.04. The van der Waals surface area contributed by atoms with Crippen molar-refractivity contribution in [2.45, 2.75) is 6.92 Å². The Morgan fingerprint density at radius 2 is 1.88 bits per heavy atom. The Labute approximate surface area is 144 Å². The van der Waals surface area contributed by atoms with Crippen molar-refractivity contribution in [2.75, 3.05) is 0 Å². The Morgan fingerprint density at radius 1 is 1.17 bits per heavy atom. The summed E-state index contributed by atoms with van der Waals surface area (Å²) in [4.78, 5) is 17.0. The van der Waals surface area contributed by atoms with E-state index in [2.05, 4.69) is 4.99 Å². The van der Waals surface area contributed by atoms with Crippen molar-refractivity contribution >= 4 is 23.5 Å². The van der Waals surface area contributed by atoms with Gasteiger partial charge in [0.15, 0.2) is 5.69 Å². The molecule has 0 aliphatic rings. The molecule has 3 rings (SSSR count). The van der Waals surface area contributed by atoms with E-state index in [4.69, 9.17) is 11.6 Å². The number of aromatic hydroxyl groups is 1. The molecule has 0 bridgehead atoms. The van der Waals surface area contributed by atoms with Gasteiger partial charge in [-0.3, -0.25) is 9.48 Å². The molecule has 1 aromatic heterocycles. The van der Waals surface area contributed by atoms with E-state index in [9.17, 15) is 9.90 Å². The lowest BCUT2D eigenvalue weighted by atomic mass is 10.2. The molecule has 0 radical (unpaired) electrons. The van der Waals surface area contributed by atoms with Gasteiger partial charge in [0, 0.05) is 23.8 Å². The van der Waals surface area contributed by atoms with Crippen LogP contribution in [0.2, 0.25) is 5.02 Å². The third-order valence-corrected chi connectivity index (χ3v) is 4.08. The van der Waals surface area contributed by atoms with Gasteiger partial charge in [0.05, 0.1) is 11.4 Å². The molecule has 0 unspecified atom stereocenters. The van der Waals surface area contributed by atoms with E-state index in [0.717, 1.165) is 11.4 Å². The van der Waals surface area contributed by atoms with E-state index in [1.165, 1.54) is 12.3 Å². The molecule has 3 aromatic rings. The van der Waals surface area contributed by atoms with Crippen LogP contribution in [-0.4, -0.2) is 20.7 Å². The average molecular weight is 342 g/mol. The van der Waals surface area contributed by atoms with Crippen LogP contribution in [0.5, 0.6) is 5.75 Å². The maximum Gasteiger partial charge on any atom is 0.297 e. The molecule has 1 N–H and O–H groups in total. The maximum absolute atomic E-state index is 12.7. The van der Waals surface area contributed by atoms with Crippen LogP contribution < -0.4 is 5.56 Å². The van der Waals surface area contributed by atoms with Gasteiger partial charge in [-0.2, -0.15) is 0 Å². The molecular weight excluding hydrogens is 326 g/mol. The summed E-state index contributed by atoms with van der Waals surface area (Å²) >= 11 is 5.93. The highest BCUT2D eigenvalue weighted by atomic mass is 35.5. The number of benzene rings is 2. The molecule has 122 valence electrons. The Bertz CT molecular complexity index is 972. The van der Waals surface area contributed by atoms with Crippen molar-refractivity contribution in [2.24, 2.45) is 12.0 Å². The summed E-state index contributed by atoms with van der Waals surface area (Å²) in [6.07, 6.45) is 1.44. The lowest BCUT2D eigenvalue weighted by Crippen LogP contribution is -2.19. The van der Waals surface area contributed by atoms with E-state index in [1.54, 1.807) is 28.5 Å². The van der Waals surface area contributed by atoms with Crippen molar-refractivity contribution < 1.29 is 5.11 Å². The minimum Gasteiger partial charge on any atom is -0.507 e. The summed E-state index contributed by atoms with van der Waals surface area (Å²) in [5.74, 6) is 0.0557. The number of hydrogen-bond acceptors (Lipinski definition) is 3. The SMILES string of the molecule is Cc1c(N=Cc2cc(Cl)ccc2O)c(=O)n(-c2ccccc2)n1C. The first-order valence-electron chi connectivity index (χ1n) is 7.35. The molecule has 0 atom stereocenters. The van der Waals surface area contributed by atoms with Gasteiger partial charge < -0.3 is 5.11 Å². The highest BCUT2D eigenvalue weighted by molar-refractivity contribution is 6.30. The molecule has 0 saturated carbocycles.